The van der Waals surface area contributed by atoms with Crippen molar-refractivity contribution in [3.63, 3.8) is 0 Å². The molecule has 9 heteroatoms. The highest BCUT2D eigenvalue weighted by molar-refractivity contribution is 5.70. The summed E-state index contributed by atoms with van der Waals surface area (Å²) < 4.78 is 22.6. The van der Waals surface area contributed by atoms with Crippen molar-refractivity contribution in [2.75, 3.05) is 47.5 Å². The van der Waals surface area contributed by atoms with Crippen molar-refractivity contribution in [2.45, 2.75) is 238 Å². The number of carboxylic acids is 1. The predicted octanol–water partition coefficient (Wildman–Crippen LogP) is 12.8. The van der Waals surface area contributed by atoms with Gasteiger partial charge in [-0.05, 0) is 64.2 Å². The Hall–Kier alpha value is -2.49. The van der Waals surface area contributed by atoms with Crippen LogP contribution < -0.4 is 5.11 Å². The normalized spacial score (nSPS) is 13.1. The summed E-state index contributed by atoms with van der Waals surface area (Å²) in [6.07, 6.45) is 49.1. The van der Waals surface area contributed by atoms with E-state index in [9.17, 15) is 19.5 Å². The van der Waals surface area contributed by atoms with Crippen molar-refractivity contribution in [1.82, 2.24) is 0 Å². The molecular formula is C53H97NO8. The molecular weight excluding hydrogens is 779 g/mol. The fourth-order valence-electron chi connectivity index (χ4n) is 7.10. The summed E-state index contributed by atoms with van der Waals surface area (Å²) in [5.74, 6) is -2.29. The van der Waals surface area contributed by atoms with Crippen molar-refractivity contribution >= 4 is 17.9 Å². The standard InChI is InChI=1S/C53H97NO8/c1-6-8-10-12-14-16-18-19-20-21-22-23-24-25-26-27-28-29-30-31-32-33-34-36-38-40-42-44-51(56)62-49(48-61-53(52(57)58)59-46-45-54(3,4)5)47-60-50(55)43-41-39-37-35-17-15-13-11-9-7-2/h11,13,18-19,21-22,49,53H,6-10,12,14-17,20,23-48H2,1-5H3/b13-11-,19-18-,22-21-. The van der Waals surface area contributed by atoms with E-state index in [0.29, 0.717) is 17.4 Å². The van der Waals surface area contributed by atoms with Crippen LogP contribution in [0.3, 0.4) is 0 Å². The first-order chi connectivity index (χ1) is 30.1. The van der Waals surface area contributed by atoms with E-state index in [1.807, 2.05) is 21.1 Å². The van der Waals surface area contributed by atoms with Gasteiger partial charge in [0.15, 0.2) is 12.4 Å². The first-order valence-corrected chi connectivity index (χ1v) is 25.6. The first kappa shape index (κ1) is 59.5. The average Bonchev–Trinajstić information content (AvgIpc) is 3.23. The third kappa shape index (κ3) is 45.5. The Balaban J connectivity index is 4.16. The molecule has 0 aliphatic carbocycles. The van der Waals surface area contributed by atoms with Crippen LogP contribution in [0.2, 0.25) is 0 Å². The number of hydrogen-bond acceptors (Lipinski definition) is 8. The zero-order valence-electron chi connectivity index (χ0n) is 41.0. The number of nitrogens with zero attached hydrogens (tertiary/aromatic N) is 1. The van der Waals surface area contributed by atoms with Crippen LogP contribution in [-0.4, -0.2) is 82.3 Å². The van der Waals surface area contributed by atoms with Crippen molar-refractivity contribution in [2.24, 2.45) is 0 Å². The third-order valence-electron chi connectivity index (χ3n) is 11.1. The fraction of sp³-hybridized carbons (Fsp3) is 0.830. The molecule has 0 radical (unpaired) electrons. The molecule has 0 saturated carbocycles. The molecule has 0 fully saturated rings. The number of esters is 2. The van der Waals surface area contributed by atoms with Gasteiger partial charge < -0.3 is 33.3 Å². The SMILES string of the molecule is CCC/C=C\CCCCCCCC(=O)OCC(COC(OCC[N+](C)(C)C)C(=O)[O-])OC(=O)CCCCCCCCCCCCCCCCC/C=C\C/C=C\CCCCCCC. The molecule has 2 unspecified atom stereocenters. The van der Waals surface area contributed by atoms with Gasteiger partial charge in [0.05, 0.1) is 40.3 Å². The van der Waals surface area contributed by atoms with Crippen LogP contribution in [0.1, 0.15) is 226 Å². The van der Waals surface area contributed by atoms with E-state index < -0.39 is 24.3 Å². The molecule has 2 atom stereocenters. The number of likely N-dealkylation sites (N-methyl/N-ethyl adjacent to an activating group) is 1. The number of rotatable bonds is 47. The molecule has 62 heavy (non-hydrogen) atoms. The van der Waals surface area contributed by atoms with Crippen LogP contribution in [0, 0.1) is 0 Å². The molecule has 0 aliphatic heterocycles. The minimum atomic E-state index is -1.62. The maximum absolute atomic E-state index is 12.8. The smallest absolute Gasteiger partial charge is 0.306 e. The third-order valence-corrected chi connectivity index (χ3v) is 11.1. The lowest BCUT2D eigenvalue weighted by atomic mass is 10.0. The maximum Gasteiger partial charge on any atom is 0.306 e. The van der Waals surface area contributed by atoms with Gasteiger partial charge >= 0.3 is 11.9 Å². The van der Waals surface area contributed by atoms with Gasteiger partial charge in [0, 0.05) is 12.8 Å². The second kappa shape index (κ2) is 45.1. The van der Waals surface area contributed by atoms with Gasteiger partial charge in [-0.3, -0.25) is 9.59 Å². The van der Waals surface area contributed by atoms with Crippen LogP contribution in [0.4, 0.5) is 0 Å². The number of aliphatic carboxylic acids is 1. The summed E-state index contributed by atoms with van der Waals surface area (Å²) in [7, 11) is 5.91. The Bertz CT molecular complexity index is 1110. The molecule has 362 valence electrons. The van der Waals surface area contributed by atoms with Crippen molar-refractivity contribution in [3.05, 3.63) is 36.5 Å². The number of carboxylic acid groups (broad SMARTS) is 1. The van der Waals surface area contributed by atoms with Gasteiger partial charge in [0.1, 0.15) is 13.2 Å². The zero-order chi connectivity index (χ0) is 45.6. The first-order valence-electron chi connectivity index (χ1n) is 25.6. The number of unbranched alkanes of at least 4 members (excludes halogenated alkanes) is 26. The predicted molar refractivity (Wildman–Crippen MR) is 256 cm³/mol. The molecule has 0 bridgehead atoms. The van der Waals surface area contributed by atoms with Gasteiger partial charge in [-0.15, -0.1) is 0 Å². The molecule has 0 aromatic rings. The number of quaternary nitrogens is 1. The zero-order valence-corrected chi connectivity index (χ0v) is 41.0. The fourth-order valence-corrected chi connectivity index (χ4v) is 7.10. The molecule has 9 nitrogen and oxygen atoms in total. The highest BCUT2D eigenvalue weighted by Crippen LogP contribution is 2.16. The molecule has 0 aromatic heterocycles. The van der Waals surface area contributed by atoms with Gasteiger partial charge in [-0.2, -0.15) is 0 Å². The van der Waals surface area contributed by atoms with Crippen molar-refractivity contribution in [1.29, 1.82) is 0 Å². The quantitative estimate of drug-likeness (QED) is 0.0195. The van der Waals surface area contributed by atoms with Gasteiger partial charge in [-0.25, -0.2) is 0 Å². The lowest BCUT2D eigenvalue weighted by Gasteiger charge is -2.26. The van der Waals surface area contributed by atoms with Gasteiger partial charge in [0.25, 0.3) is 0 Å². The van der Waals surface area contributed by atoms with Crippen LogP contribution in [-0.2, 0) is 33.3 Å². The van der Waals surface area contributed by atoms with Crippen molar-refractivity contribution in [3.8, 4) is 0 Å². The second-order valence-electron chi connectivity index (χ2n) is 18.5. The molecule has 0 aromatic carbocycles. The van der Waals surface area contributed by atoms with Crippen molar-refractivity contribution < 1.29 is 42.9 Å². The Morgan fingerprint density at radius 3 is 1.35 bits per heavy atom. The van der Waals surface area contributed by atoms with Gasteiger partial charge in [-0.1, -0.05) is 185 Å². The molecule has 0 rings (SSSR count). The lowest BCUT2D eigenvalue weighted by molar-refractivity contribution is -0.870. The monoisotopic (exact) mass is 876 g/mol. The van der Waals surface area contributed by atoms with E-state index in [1.54, 1.807) is 0 Å². The van der Waals surface area contributed by atoms with E-state index in [1.165, 1.54) is 128 Å². The summed E-state index contributed by atoms with van der Waals surface area (Å²) in [6, 6.07) is 0. The summed E-state index contributed by atoms with van der Waals surface area (Å²) >= 11 is 0. The molecule has 0 saturated heterocycles. The van der Waals surface area contributed by atoms with Gasteiger partial charge in [0.2, 0.25) is 0 Å². The minimum absolute atomic E-state index is 0.147. The number of hydrogen-bond donors (Lipinski definition) is 0. The second-order valence-corrected chi connectivity index (χ2v) is 18.5. The largest absolute Gasteiger partial charge is 0.545 e. The summed E-state index contributed by atoms with van der Waals surface area (Å²) in [6.45, 7) is 4.67. The van der Waals surface area contributed by atoms with E-state index in [4.69, 9.17) is 18.9 Å². The Kier molecular flexibility index (Phi) is 43.3. The van der Waals surface area contributed by atoms with Crippen LogP contribution >= 0.6 is 0 Å². The summed E-state index contributed by atoms with van der Waals surface area (Å²) in [5.41, 5.74) is 0. The Labute approximate surface area is 381 Å². The van der Waals surface area contributed by atoms with E-state index in [2.05, 4.69) is 50.3 Å². The molecule has 0 N–H and O–H groups in total. The maximum atomic E-state index is 12.8. The molecule has 0 aliphatic rings. The molecule has 0 spiro atoms. The van der Waals surface area contributed by atoms with Crippen LogP contribution in [0.25, 0.3) is 0 Å². The topological polar surface area (TPSA) is 111 Å². The number of allylic oxidation sites excluding steroid dienone is 6. The Morgan fingerprint density at radius 1 is 0.484 bits per heavy atom. The average molecular weight is 876 g/mol. The number of ether oxygens (including phenoxy) is 4. The van der Waals surface area contributed by atoms with E-state index in [0.717, 1.165) is 64.2 Å². The molecule has 0 amide bonds. The minimum Gasteiger partial charge on any atom is -0.545 e. The number of carbonyl (C=O) groups is 3. The number of carbonyl (C=O) groups excluding carboxylic acids is 3. The Morgan fingerprint density at radius 2 is 0.903 bits per heavy atom. The molecule has 0 heterocycles. The van der Waals surface area contributed by atoms with Crippen LogP contribution in [0.5, 0.6) is 0 Å². The van der Waals surface area contributed by atoms with E-state index in [-0.39, 0.29) is 38.6 Å². The van der Waals surface area contributed by atoms with Crippen LogP contribution in [0.15, 0.2) is 36.5 Å². The summed E-state index contributed by atoms with van der Waals surface area (Å²) in [4.78, 5) is 37.0. The highest BCUT2D eigenvalue weighted by atomic mass is 16.7. The lowest BCUT2D eigenvalue weighted by Crippen LogP contribution is -2.44. The highest BCUT2D eigenvalue weighted by Gasteiger charge is 2.22. The van der Waals surface area contributed by atoms with E-state index >= 15 is 0 Å². The summed E-state index contributed by atoms with van der Waals surface area (Å²) in [5, 5.41) is 11.7.